The van der Waals surface area contributed by atoms with Crippen LogP contribution in [0, 0.1) is 17.1 Å². The molecule has 1 aliphatic heterocycles. The molecule has 1 aromatic heterocycles. The van der Waals surface area contributed by atoms with E-state index in [1.165, 1.54) is 6.20 Å². The number of fused-ring (bicyclic) bond motifs is 3. The lowest BCUT2D eigenvalue weighted by Gasteiger charge is -2.33. The van der Waals surface area contributed by atoms with Crippen molar-refractivity contribution in [1.82, 2.24) is 15.2 Å². The van der Waals surface area contributed by atoms with Crippen LogP contribution in [-0.2, 0) is 6.42 Å². The van der Waals surface area contributed by atoms with Crippen molar-refractivity contribution in [1.29, 1.82) is 5.26 Å². The molecule has 0 saturated carbocycles. The van der Waals surface area contributed by atoms with Crippen LogP contribution in [0.2, 0.25) is 0 Å². The topological polar surface area (TPSA) is 63.7 Å². The molecule has 3 aromatic rings. The lowest BCUT2D eigenvalue weighted by molar-refractivity contribution is -0.140. The number of nitrogens with zero attached hydrogens (tertiary/aromatic N) is 4. The molecule has 10 heteroatoms. The van der Waals surface area contributed by atoms with Gasteiger partial charge in [-0.3, -0.25) is 0 Å². The molecule has 5 nitrogen and oxygen atoms in total. The van der Waals surface area contributed by atoms with Gasteiger partial charge in [0.2, 0.25) is 6.10 Å². The highest BCUT2D eigenvalue weighted by Crippen LogP contribution is 2.54. The fourth-order valence-electron chi connectivity index (χ4n) is 5.26. The van der Waals surface area contributed by atoms with E-state index < -0.39 is 42.5 Å². The van der Waals surface area contributed by atoms with Crippen molar-refractivity contribution in [2.75, 3.05) is 0 Å². The van der Waals surface area contributed by atoms with E-state index in [2.05, 4.69) is 10.3 Å². The molecule has 6 rings (SSSR count). The largest absolute Gasteiger partial charge is 0.380 e. The summed E-state index contributed by atoms with van der Waals surface area (Å²) in [5.74, 6) is -5.01. The second-order valence-corrected chi connectivity index (χ2v) is 8.28. The molecule has 4 atom stereocenters. The third-order valence-electron chi connectivity index (χ3n) is 6.55. The Bertz CT molecular complexity index is 1330. The van der Waals surface area contributed by atoms with Crippen molar-refractivity contribution in [3.63, 3.8) is 0 Å². The van der Waals surface area contributed by atoms with Crippen LogP contribution >= 0.6 is 0 Å². The third-order valence-corrected chi connectivity index (χ3v) is 6.55. The summed E-state index contributed by atoms with van der Waals surface area (Å²) in [5, 5.41) is 16.9. The Morgan fingerprint density at radius 3 is 2.75 bits per heavy atom. The van der Waals surface area contributed by atoms with Gasteiger partial charge in [-0.25, -0.2) is 22.0 Å². The maximum atomic E-state index is 15.0. The van der Waals surface area contributed by atoms with E-state index in [9.17, 15) is 27.2 Å². The molecular formula is C22H13F5N4O. The Kier molecular flexibility index (Phi) is 3.77. The normalized spacial score (nSPS) is 26.5. The highest BCUT2D eigenvalue weighted by atomic mass is 19.3. The summed E-state index contributed by atoms with van der Waals surface area (Å²) in [4.78, 5) is 6.33. The van der Waals surface area contributed by atoms with Crippen molar-refractivity contribution in [2.24, 2.45) is 0 Å². The molecule has 2 aliphatic carbocycles. The summed E-state index contributed by atoms with van der Waals surface area (Å²) in [7, 11) is 0. The number of hydrogen-bond donors (Lipinski definition) is 0. The first-order valence-electron chi connectivity index (χ1n) is 9.93. The average molecular weight is 444 g/mol. The van der Waals surface area contributed by atoms with Gasteiger partial charge in [-0.05, 0) is 46.0 Å². The summed E-state index contributed by atoms with van der Waals surface area (Å²) < 4.78 is 73.3. The second kappa shape index (κ2) is 6.28. The maximum Gasteiger partial charge on any atom is 0.295 e. The van der Waals surface area contributed by atoms with Gasteiger partial charge >= 0.3 is 0 Å². The van der Waals surface area contributed by atoms with Gasteiger partial charge in [-0.15, -0.1) is 5.10 Å². The van der Waals surface area contributed by atoms with Crippen LogP contribution in [0.25, 0.3) is 11.3 Å². The van der Waals surface area contributed by atoms with Crippen LogP contribution in [0.5, 0.6) is 0 Å². The Labute approximate surface area is 178 Å². The van der Waals surface area contributed by atoms with Gasteiger partial charge in [-0.2, -0.15) is 5.26 Å². The lowest BCUT2D eigenvalue weighted by atomic mass is 9.73. The molecule has 0 saturated heterocycles. The summed E-state index contributed by atoms with van der Waals surface area (Å²) >= 11 is 0. The van der Waals surface area contributed by atoms with Crippen LogP contribution in [0.4, 0.5) is 22.0 Å². The Hall–Kier alpha value is -3.48. The molecular weight excluding hydrogens is 431 g/mol. The fourth-order valence-corrected chi connectivity index (χ4v) is 5.26. The molecule has 0 spiro atoms. The average Bonchev–Trinajstić information content (AvgIpc) is 3.34. The predicted molar refractivity (Wildman–Crippen MR) is 99.8 cm³/mol. The molecule has 2 heterocycles. The Morgan fingerprint density at radius 1 is 1.16 bits per heavy atom. The standard InChI is InChI=1S/C22H13F5N4O/c23-10-3-9(7-28)18-13(5-16(24)20(25)14(18)4-10)11-1-2-12-17-8-29-30-31(17)32-21-19(12)15(11)6-22(21,26)27/h1-4,8,13,16,20-21H,5-6H2/t13-,16+,20-,21+/m1/s1. The van der Waals surface area contributed by atoms with Gasteiger partial charge in [0.15, 0.2) is 6.17 Å². The molecule has 32 heavy (non-hydrogen) atoms. The maximum absolute atomic E-state index is 15.0. The van der Waals surface area contributed by atoms with E-state index in [4.69, 9.17) is 4.84 Å². The summed E-state index contributed by atoms with van der Waals surface area (Å²) in [6.07, 6.45) is -5.31. The van der Waals surface area contributed by atoms with E-state index in [0.717, 1.165) is 17.0 Å². The zero-order chi connectivity index (χ0) is 22.4. The minimum Gasteiger partial charge on any atom is -0.380 e. The molecule has 3 aliphatic rings. The molecule has 162 valence electrons. The molecule has 0 unspecified atom stereocenters. The summed E-state index contributed by atoms with van der Waals surface area (Å²) in [6.45, 7) is 0. The molecule has 0 bridgehead atoms. The minimum atomic E-state index is -3.27. The van der Waals surface area contributed by atoms with E-state index in [1.807, 2.05) is 6.07 Å². The van der Waals surface area contributed by atoms with Crippen LogP contribution in [0.15, 0.2) is 30.5 Å². The van der Waals surface area contributed by atoms with E-state index in [1.54, 1.807) is 12.1 Å². The monoisotopic (exact) mass is 444 g/mol. The molecule has 0 radical (unpaired) electrons. The number of halogens is 5. The summed E-state index contributed by atoms with van der Waals surface area (Å²) in [5.41, 5.74) is 1.49. The van der Waals surface area contributed by atoms with Gasteiger partial charge in [0, 0.05) is 23.5 Å². The highest BCUT2D eigenvalue weighted by Gasteiger charge is 2.55. The second-order valence-electron chi connectivity index (χ2n) is 8.28. The first-order valence-corrected chi connectivity index (χ1v) is 9.93. The van der Waals surface area contributed by atoms with Gasteiger partial charge in [0.1, 0.15) is 17.7 Å². The van der Waals surface area contributed by atoms with E-state index in [-0.39, 0.29) is 34.2 Å². The first-order chi connectivity index (χ1) is 15.3. The molecule has 2 aromatic carbocycles. The Balaban J connectivity index is 1.60. The van der Waals surface area contributed by atoms with Crippen LogP contribution in [-0.4, -0.2) is 27.3 Å². The number of aromatic nitrogens is 3. The van der Waals surface area contributed by atoms with Gasteiger partial charge in [0.05, 0.1) is 17.8 Å². The third kappa shape index (κ3) is 2.42. The minimum absolute atomic E-state index is 0.135. The van der Waals surface area contributed by atoms with Crippen molar-refractivity contribution in [3.05, 3.63) is 69.7 Å². The number of hydrogen-bond acceptors (Lipinski definition) is 4. The zero-order valence-electron chi connectivity index (χ0n) is 16.2. The zero-order valence-corrected chi connectivity index (χ0v) is 16.2. The Morgan fingerprint density at radius 2 is 1.97 bits per heavy atom. The van der Waals surface area contributed by atoms with Gasteiger partial charge in [-0.1, -0.05) is 17.0 Å². The first kappa shape index (κ1) is 19.2. The number of alkyl halides is 4. The SMILES string of the molecule is N#Cc1cc(F)cc2c1[C@@H](c1ccc3c4c1CC(F)(F)[C@H]4On1nncc1-3)C[C@H](F)[C@@H]2F. The fraction of sp³-hybridized carbons (Fsp3) is 0.318. The van der Waals surface area contributed by atoms with Crippen LogP contribution in [0.3, 0.4) is 0 Å². The van der Waals surface area contributed by atoms with Crippen LogP contribution < -0.4 is 4.84 Å². The predicted octanol–water partition coefficient (Wildman–Crippen LogP) is 4.51. The van der Waals surface area contributed by atoms with Gasteiger partial charge in [0.25, 0.3) is 5.92 Å². The quantitative estimate of drug-likeness (QED) is 0.518. The molecule has 0 N–H and O–H groups in total. The number of nitriles is 1. The van der Waals surface area contributed by atoms with Crippen molar-refractivity contribution < 1.29 is 26.8 Å². The molecule has 0 amide bonds. The van der Waals surface area contributed by atoms with Crippen molar-refractivity contribution in [3.8, 4) is 17.3 Å². The highest BCUT2D eigenvalue weighted by molar-refractivity contribution is 5.71. The van der Waals surface area contributed by atoms with E-state index >= 15 is 0 Å². The van der Waals surface area contributed by atoms with Crippen molar-refractivity contribution >= 4 is 0 Å². The number of benzene rings is 2. The van der Waals surface area contributed by atoms with E-state index in [0.29, 0.717) is 16.8 Å². The summed E-state index contributed by atoms with van der Waals surface area (Å²) in [6, 6.07) is 6.86. The molecule has 0 fully saturated rings. The van der Waals surface area contributed by atoms with Gasteiger partial charge < -0.3 is 4.84 Å². The number of rotatable bonds is 1. The lowest BCUT2D eigenvalue weighted by Crippen LogP contribution is -2.34. The van der Waals surface area contributed by atoms with Crippen LogP contribution in [0.1, 0.15) is 58.0 Å². The smallest absolute Gasteiger partial charge is 0.295 e. The van der Waals surface area contributed by atoms with Crippen molar-refractivity contribution in [2.45, 2.75) is 43.1 Å².